The molecule has 1 aliphatic heterocycles. The summed E-state index contributed by atoms with van der Waals surface area (Å²) in [7, 11) is 0. The van der Waals surface area contributed by atoms with Gasteiger partial charge in [0.05, 0.1) is 19.3 Å². The van der Waals surface area contributed by atoms with Gasteiger partial charge in [0.15, 0.2) is 0 Å². The predicted octanol–water partition coefficient (Wildman–Crippen LogP) is 3.98. The van der Waals surface area contributed by atoms with Crippen molar-refractivity contribution >= 4 is 38.5 Å². The van der Waals surface area contributed by atoms with Crippen molar-refractivity contribution in [1.82, 2.24) is 0 Å². The first-order valence-corrected chi connectivity index (χ1v) is 8.12. The number of ether oxygens (including phenoxy) is 2. The Hall–Kier alpha value is 0.350. The highest BCUT2D eigenvalue weighted by Gasteiger charge is 2.18. The second kappa shape index (κ2) is 7.07. The van der Waals surface area contributed by atoms with E-state index >= 15 is 0 Å². The fourth-order valence-corrected chi connectivity index (χ4v) is 2.90. The lowest BCUT2D eigenvalue weighted by Crippen LogP contribution is -2.14. The minimum atomic E-state index is 0.198. The lowest BCUT2D eigenvalue weighted by Gasteiger charge is -2.18. The molecule has 2 rings (SSSR count). The van der Waals surface area contributed by atoms with Crippen LogP contribution in [0.25, 0.3) is 0 Å². The minimum Gasteiger partial charge on any atom is -0.381 e. The second-order valence-corrected chi connectivity index (χ2v) is 6.05. The molecule has 4 heteroatoms. The summed E-state index contributed by atoms with van der Waals surface area (Å²) in [4.78, 5) is 0. The maximum atomic E-state index is 6.00. The van der Waals surface area contributed by atoms with Crippen LogP contribution >= 0.6 is 38.5 Å². The van der Waals surface area contributed by atoms with Crippen molar-refractivity contribution in [3.05, 3.63) is 34.3 Å². The Morgan fingerprint density at radius 1 is 1.41 bits per heavy atom. The third-order valence-corrected chi connectivity index (χ3v) is 4.27. The highest BCUT2D eigenvalue weighted by atomic mass is 127. The molecule has 0 saturated carbocycles. The third kappa shape index (κ3) is 4.19. The van der Waals surface area contributed by atoms with Gasteiger partial charge in [0.2, 0.25) is 0 Å². The quantitative estimate of drug-likeness (QED) is 0.540. The van der Waals surface area contributed by atoms with Gasteiger partial charge in [-0.15, -0.1) is 0 Å². The van der Waals surface area contributed by atoms with Crippen LogP contribution in [0, 0.1) is 5.92 Å². The standard InChI is InChI=1S/C13H16BrIO2/c14-12-3-1-11(2-4-12)13(7-15)17-9-10-5-6-16-8-10/h1-4,10,13H,5-9H2. The summed E-state index contributed by atoms with van der Waals surface area (Å²) in [6, 6.07) is 8.38. The van der Waals surface area contributed by atoms with Crippen LogP contribution in [0.15, 0.2) is 28.7 Å². The molecular weight excluding hydrogens is 395 g/mol. The zero-order valence-electron chi connectivity index (χ0n) is 9.57. The largest absolute Gasteiger partial charge is 0.381 e. The molecule has 1 aliphatic rings. The van der Waals surface area contributed by atoms with E-state index in [1.54, 1.807) is 0 Å². The van der Waals surface area contributed by atoms with Gasteiger partial charge in [0.1, 0.15) is 0 Å². The molecule has 1 aromatic rings. The maximum Gasteiger partial charge on any atom is 0.0914 e. The molecule has 0 spiro atoms. The van der Waals surface area contributed by atoms with E-state index in [0.29, 0.717) is 5.92 Å². The normalized spacial score (nSPS) is 21.6. The Balaban J connectivity index is 1.89. The molecular formula is C13H16BrIO2. The van der Waals surface area contributed by atoms with Gasteiger partial charge in [-0.3, -0.25) is 0 Å². The Morgan fingerprint density at radius 3 is 2.76 bits per heavy atom. The summed E-state index contributed by atoms with van der Waals surface area (Å²) in [5.41, 5.74) is 1.25. The molecule has 0 radical (unpaired) electrons. The second-order valence-electron chi connectivity index (χ2n) is 4.26. The van der Waals surface area contributed by atoms with Gasteiger partial charge in [0.25, 0.3) is 0 Å². The first kappa shape index (κ1) is 13.8. The van der Waals surface area contributed by atoms with E-state index in [0.717, 1.165) is 35.1 Å². The van der Waals surface area contributed by atoms with Gasteiger partial charge in [-0.2, -0.15) is 0 Å². The molecule has 0 aromatic heterocycles. The first-order chi connectivity index (χ1) is 8.29. The van der Waals surface area contributed by atoms with E-state index in [4.69, 9.17) is 9.47 Å². The van der Waals surface area contributed by atoms with Crippen molar-refractivity contribution in [1.29, 1.82) is 0 Å². The van der Waals surface area contributed by atoms with Gasteiger partial charge in [0, 0.05) is 21.4 Å². The zero-order chi connectivity index (χ0) is 12.1. The number of hydrogen-bond acceptors (Lipinski definition) is 2. The van der Waals surface area contributed by atoms with Crippen molar-refractivity contribution in [2.45, 2.75) is 12.5 Å². The van der Waals surface area contributed by atoms with E-state index in [2.05, 4.69) is 62.8 Å². The van der Waals surface area contributed by atoms with Gasteiger partial charge in [-0.25, -0.2) is 0 Å². The molecule has 0 bridgehead atoms. The third-order valence-electron chi connectivity index (χ3n) is 2.94. The summed E-state index contributed by atoms with van der Waals surface area (Å²) in [5, 5.41) is 0. The zero-order valence-corrected chi connectivity index (χ0v) is 13.3. The summed E-state index contributed by atoms with van der Waals surface area (Å²) in [5.74, 6) is 0.580. The fourth-order valence-electron chi connectivity index (χ4n) is 1.87. The number of halogens is 2. The Bertz CT molecular complexity index is 336. The van der Waals surface area contributed by atoms with Crippen LogP contribution in [-0.4, -0.2) is 24.2 Å². The number of hydrogen-bond donors (Lipinski definition) is 0. The molecule has 2 atom stereocenters. The van der Waals surface area contributed by atoms with E-state index in [9.17, 15) is 0 Å². The Kier molecular flexibility index (Phi) is 5.72. The van der Waals surface area contributed by atoms with Gasteiger partial charge >= 0.3 is 0 Å². The van der Waals surface area contributed by atoms with Crippen LogP contribution in [0.3, 0.4) is 0 Å². The van der Waals surface area contributed by atoms with E-state index in [1.807, 2.05) is 0 Å². The average molecular weight is 411 g/mol. The first-order valence-electron chi connectivity index (χ1n) is 5.80. The van der Waals surface area contributed by atoms with Crippen molar-refractivity contribution in [3.8, 4) is 0 Å². The van der Waals surface area contributed by atoms with E-state index in [1.165, 1.54) is 5.56 Å². The molecule has 94 valence electrons. The topological polar surface area (TPSA) is 18.5 Å². The van der Waals surface area contributed by atoms with Crippen LogP contribution in [-0.2, 0) is 9.47 Å². The molecule has 2 nitrogen and oxygen atoms in total. The van der Waals surface area contributed by atoms with E-state index in [-0.39, 0.29) is 6.10 Å². The highest BCUT2D eigenvalue weighted by Crippen LogP contribution is 2.24. The summed E-state index contributed by atoms with van der Waals surface area (Å²) in [6.45, 7) is 2.55. The van der Waals surface area contributed by atoms with Crippen LogP contribution in [0.5, 0.6) is 0 Å². The summed E-state index contributed by atoms with van der Waals surface area (Å²) < 4.78 is 13.4. The summed E-state index contributed by atoms with van der Waals surface area (Å²) in [6.07, 6.45) is 1.33. The SMILES string of the molecule is Brc1ccc(C(CI)OCC2CCOC2)cc1. The Morgan fingerprint density at radius 2 is 2.18 bits per heavy atom. The van der Waals surface area contributed by atoms with E-state index < -0.39 is 0 Å². The molecule has 1 aromatic carbocycles. The summed E-state index contributed by atoms with van der Waals surface area (Å²) >= 11 is 5.83. The number of benzene rings is 1. The Labute approximate surface area is 124 Å². The van der Waals surface area contributed by atoms with Crippen LogP contribution in [0.4, 0.5) is 0 Å². The van der Waals surface area contributed by atoms with Gasteiger partial charge in [-0.05, 0) is 24.1 Å². The fraction of sp³-hybridized carbons (Fsp3) is 0.538. The number of alkyl halides is 1. The molecule has 17 heavy (non-hydrogen) atoms. The van der Waals surface area contributed by atoms with Crippen LogP contribution < -0.4 is 0 Å². The monoisotopic (exact) mass is 410 g/mol. The molecule has 0 N–H and O–H groups in total. The van der Waals surface area contributed by atoms with Crippen molar-refractivity contribution < 1.29 is 9.47 Å². The smallest absolute Gasteiger partial charge is 0.0914 e. The number of rotatable bonds is 5. The average Bonchev–Trinajstić information content (AvgIpc) is 2.85. The van der Waals surface area contributed by atoms with Crippen LogP contribution in [0.2, 0.25) is 0 Å². The van der Waals surface area contributed by atoms with Crippen molar-refractivity contribution in [2.75, 3.05) is 24.2 Å². The highest BCUT2D eigenvalue weighted by molar-refractivity contribution is 14.1. The predicted molar refractivity (Wildman–Crippen MR) is 80.6 cm³/mol. The van der Waals surface area contributed by atoms with Crippen molar-refractivity contribution in [3.63, 3.8) is 0 Å². The molecule has 0 amide bonds. The maximum absolute atomic E-state index is 6.00. The molecule has 1 heterocycles. The minimum absolute atomic E-state index is 0.198. The lowest BCUT2D eigenvalue weighted by molar-refractivity contribution is 0.0402. The molecule has 0 aliphatic carbocycles. The van der Waals surface area contributed by atoms with Crippen LogP contribution in [0.1, 0.15) is 18.1 Å². The molecule has 1 fully saturated rings. The van der Waals surface area contributed by atoms with Gasteiger partial charge < -0.3 is 9.47 Å². The van der Waals surface area contributed by atoms with Crippen molar-refractivity contribution in [2.24, 2.45) is 5.92 Å². The lowest BCUT2D eigenvalue weighted by atomic mass is 10.1. The molecule has 2 unspecified atom stereocenters. The van der Waals surface area contributed by atoms with Gasteiger partial charge in [-0.1, -0.05) is 50.7 Å². The molecule has 1 saturated heterocycles.